The minimum Gasteiger partial charge on any atom is -0.466 e. The zero-order valence-electron chi connectivity index (χ0n) is 13.6. The van der Waals surface area contributed by atoms with Gasteiger partial charge in [0, 0.05) is 19.3 Å². The molecule has 8 nitrogen and oxygen atoms in total. The predicted octanol–water partition coefficient (Wildman–Crippen LogP) is 0.298. The Balaban J connectivity index is 1.70. The van der Waals surface area contributed by atoms with Crippen molar-refractivity contribution < 1.29 is 14.3 Å². The van der Waals surface area contributed by atoms with Crippen LogP contribution in [0, 0.1) is 5.92 Å². The summed E-state index contributed by atoms with van der Waals surface area (Å²) in [5, 5.41) is 4.03. The van der Waals surface area contributed by atoms with Crippen LogP contribution in [0.4, 0.5) is 0 Å². The number of aromatic nitrogens is 3. The van der Waals surface area contributed by atoms with Crippen LogP contribution < -0.4 is 5.56 Å². The van der Waals surface area contributed by atoms with E-state index in [9.17, 15) is 14.4 Å². The number of amides is 1. The number of ether oxygens (including phenoxy) is 1. The highest BCUT2D eigenvalue weighted by molar-refractivity contribution is 5.78. The molecule has 0 aliphatic carbocycles. The maximum atomic E-state index is 12.5. The molecule has 2 aromatic heterocycles. The second-order valence-corrected chi connectivity index (χ2v) is 5.83. The normalized spacial score (nSPS) is 17.9. The lowest BCUT2D eigenvalue weighted by atomic mass is 9.98. The van der Waals surface area contributed by atoms with Gasteiger partial charge >= 0.3 is 5.97 Å². The molecule has 24 heavy (non-hydrogen) atoms. The lowest BCUT2D eigenvalue weighted by molar-refractivity contribution is -0.151. The van der Waals surface area contributed by atoms with Gasteiger partial charge in [-0.15, -0.1) is 0 Å². The molecule has 1 fully saturated rings. The van der Waals surface area contributed by atoms with Gasteiger partial charge in [-0.1, -0.05) is 0 Å². The first-order valence-electron chi connectivity index (χ1n) is 8.07. The van der Waals surface area contributed by atoms with E-state index < -0.39 is 0 Å². The molecule has 1 aliphatic rings. The molecule has 0 bridgehead atoms. The first kappa shape index (κ1) is 16.2. The summed E-state index contributed by atoms with van der Waals surface area (Å²) in [6.07, 6.45) is 4.69. The van der Waals surface area contributed by atoms with Crippen molar-refractivity contribution in [2.24, 2.45) is 5.92 Å². The number of fused-ring (bicyclic) bond motifs is 1. The van der Waals surface area contributed by atoms with Crippen molar-refractivity contribution in [3.05, 3.63) is 35.0 Å². The fourth-order valence-corrected chi connectivity index (χ4v) is 2.98. The lowest BCUT2D eigenvalue weighted by Gasteiger charge is -2.31. The van der Waals surface area contributed by atoms with Gasteiger partial charge in [0.2, 0.25) is 5.91 Å². The molecular weight excluding hydrogens is 312 g/mol. The molecule has 3 rings (SSSR count). The largest absolute Gasteiger partial charge is 0.466 e. The van der Waals surface area contributed by atoms with Gasteiger partial charge < -0.3 is 14.0 Å². The topological polar surface area (TPSA) is 85.9 Å². The Kier molecular flexibility index (Phi) is 4.64. The third-order valence-corrected chi connectivity index (χ3v) is 4.23. The highest BCUT2D eigenvalue weighted by Gasteiger charge is 2.29. The summed E-state index contributed by atoms with van der Waals surface area (Å²) >= 11 is 0. The predicted molar refractivity (Wildman–Crippen MR) is 85.4 cm³/mol. The van der Waals surface area contributed by atoms with Crippen molar-refractivity contribution in [3.63, 3.8) is 0 Å². The van der Waals surface area contributed by atoms with Gasteiger partial charge in [0.05, 0.1) is 12.5 Å². The summed E-state index contributed by atoms with van der Waals surface area (Å²) in [6, 6.07) is 3.43. The van der Waals surface area contributed by atoms with Crippen LogP contribution in [0.5, 0.6) is 0 Å². The number of likely N-dealkylation sites (tertiary alicyclic amines) is 1. The number of hydrogen-bond donors (Lipinski definition) is 0. The zero-order valence-corrected chi connectivity index (χ0v) is 13.6. The monoisotopic (exact) mass is 332 g/mol. The Morgan fingerprint density at radius 1 is 1.42 bits per heavy atom. The first-order chi connectivity index (χ1) is 11.6. The minimum atomic E-state index is -0.310. The molecule has 0 aromatic carbocycles. The van der Waals surface area contributed by atoms with Crippen molar-refractivity contribution in [2.75, 3.05) is 19.7 Å². The van der Waals surface area contributed by atoms with Gasteiger partial charge in [0.15, 0.2) is 0 Å². The number of hydrogen-bond acceptors (Lipinski definition) is 5. The number of carbonyl (C=O) groups excluding carboxylic acids is 2. The molecule has 1 amide bonds. The molecule has 0 saturated carbocycles. The standard InChI is InChI=1S/C16H20N4O4/c1-2-24-16(23)12-5-3-7-18(9-12)14(21)10-20-15(22)13-6-4-8-19(13)11-17-20/h4,6,8,11-12H,2-3,5,7,9-10H2,1H3. The number of carbonyl (C=O) groups is 2. The Hall–Kier alpha value is -2.64. The van der Waals surface area contributed by atoms with Gasteiger partial charge in [-0.3, -0.25) is 14.4 Å². The van der Waals surface area contributed by atoms with E-state index in [0.29, 0.717) is 25.2 Å². The third kappa shape index (κ3) is 3.17. The van der Waals surface area contributed by atoms with E-state index in [1.807, 2.05) is 0 Å². The van der Waals surface area contributed by atoms with E-state index >= 15 is 0 Å². The Morgan fingerprint density at radius 2 is 2.25 bits per heavy atom. The van der Waals surface area contributed by atoms with E-state index in [-0.39, 0.29) is 29.9 Å². The molecule has 0 N–H and O–H groups in total. The number of esters is 1. The second kappa shape index (κ2) is 6.86. The van der Waals surface area contributed by atoms with E-state index in [2.05, 4.69) is 5.10 Å². The number of nitrogens with zero attached hydrogens (tertiary/aromatic N) is 4. The molecule has 1 atom stereocenters. The Bertz CT molecular complexity index is 810. The molecule has 0 spiro atoms. The summed E-state index contributed by atoms with van der Waals surface area (Å²) in [5.74, 6) is -0.769. The maximum absolute atomic E-state index is 12.5. The molecular formula is C16H20N4O4. The summed E-state index contributed by atoms with van der Waals surface area (Å²) in [6.45, 7) is 2.88. The van der Waals surface area contributed by atoms with Gasteiger partial charge in [-0.2, -0.15) is 5.10 Å². The number of piperidine rings is 1. The van der Waals surface area contributed by atoms with Gasteiger partial charge in [0.25, 0.3) is 5.56 Å². The van der Waals surface area contributed by atoms with Crippen LogP contribution in [-0.2, 0) is 20.9 Å². The van der Waals surface area contributed by atoms with Gasteiger partial charge in [0.1, 0.15) is 18.4 Å². The maximum Gasteiger partial charge on any atom is 0.310 e. The molecule has 3 heterocycles. The van der Waals surface area contributed by atoms with Crippen molar-refractivity contribution in [3.8, 4) is 0 Å². The van der Waals surface area contributed by atoms with Gasteiger partial charge in [-0.25, -0.2) is 4.68 Å². The first-order valence-corrected chi connectivity index (χ1v) is 8.07. The summed E-state index contributed by atoms with van der Waals surface area (Å²) in [4.78, 5) is 38.3. The molecule has 1 saturated heterocycles. The van der Waals surface area contributed by atoms with E-state index in [4.69, 9.17) is 4.74 Å². The number of rotatable bonds is 4. The Labute approximate surface area is 138 Å². The fraction of sp³-hybridized carbons (Fsp3) is 0.500. The van der Waals surface area contributed by atoms with Crippen LogP contribution in [-0.4, -0.2) is 50.7 Å². The van der Waals surface area contributed by atoms with E-state index in [0.717, 1.165) is 17.5 Å². The SMILES string of the molecule is CCOC(=O)C1CCCN(C(=O)Cn2ncn3cccc3c2=O)C1. The van der Waals surface area contributed by atoms with Crippen molar-refractivity contribution >= 4 is 17.4 Å². The quantitative estimate of drug-likeness (QED) is 0.752. The van der Waals surface area contributed by atoms with Crippen LogP contribution >= 0.6 is 0 Å². The van der Waals surface area contributed by atoms with Crippen LogP contribution in [0.1, 0.15) is 19.8 Å². The summed E-state index contributed by atoms with van der Waals surface area (Å²) in [7, 11) is 0. The smallest absolute Gasteiger partial charge is 0.310 e. The second-order valence-electron chi connectivity index (χ2n) is 5.83. The lowest BCUT2D eigenvalue weighted by Crippen LogP contribution is -2.45. The highest BCUT2D eigenvalue weighted by Crippen LogP contribution is 2.18. The minimum absolute atomic E-state index is 0.129. The van der Waals surface area contributed by atoms with Crippen LogP contribution in [0.2, 0.25) is 0 Å². The molecule has 1 unspecified atom stereocenters. The zero-order chi connectivity index (χ0) is 17.1. The summed E-state index contributed by atoms with van der Waals surface area (Å²) < 4.78 is 7.81. The highest BCUT2D eigenvalue weighted by atomic mass is 16.5. The van der Waals surface area contributed by atoms with Crippen LogP contribution in [0.25, 0.3) is 5.52 Å². The molecule has 0 radical (unpaired) electrons. The molecule has 2 aromatic rings. The van der Waals surface area contributed by atoms with Crippen LogP contribution in [0.3, 0.4) is 0 Å². The van der Waals surface area contributed by atoms with E-state index in [1.165, 1.54) is 6.33 Å². The average Bonchev–Trinajstić information content (AvgIpc) is 3.07. The Morgan fingerprint density at radius 3 is 3.04 bits per heavy atom. The van der Waals surface area contributed by atoms with Crippen molar-refractivity contribution in [1.82, 2.24) is 19.1 Å². The van der Waals surface area contributed by atoms with Gasteiger partial charge in [-0.05, 0) is 31.9 Å². The van der Waals surface area contributed by atoms with E-state index in [1.54, 1.807) is 34.6 Å². The van der Waals surface area contributed by atoms with Crippen molar-refractivity contribution in [2.45, 2.75) is 26.3 Å². The third-order valence-electron chi connectivity index (χ3n) is 4.23. The fourth-order valence-electron chi connectivity index (χ4n) is 2.98. The summed E-state index contributed by atoms with van der Waals surface area (Å²) in [5.41, 5.74) is 0.163. The van der Waals surface area contributed by atoms with Crippen LogP contribution in [0.15, 0.2) is 29.5 Å². The average molecular weight is 332 g/mol. The molecule has 8 heteroatoms. The molecule has 128 valence electrons. The van der Waals surface area contributed by atoms with Crippen molar-refractivity contribution in [1.29, 1.82) is 0 Å². The molecule has 1 aliphatic heterocycles.